The summed E-state index contributed by atoms with van der Waals surface area (Å²) in [7, 11) is 1.43. The molecule has 0 saturated carbocycles. The molecule has 4 nitrogen and oxygen atoms in total. The van der Waals surface area contributed by atoms with Gasteiger partial charge in [0.2, 0.25) is 0 Å². The highest BCUT2D eigenvalue weighted by Crippen LogP contribution is 2.29. The third kappa shape index (κ3) is 3.47. The van der Waals surface area contributed by atoms with E-state index in [4.69, 9.17) is 16.3 Å². The van der Waals surface area contributed by atoms with Crippen molar-refractivity contribution in [3.63, 3.8) is 0 Å². The minimum absolute atomic E-state index is 0.153. The topological polar surface area (TPSA) is 58.6 Å². The number of hydrogen-bond donors (Lipinski definition) is 2. The normalized spacial score (nSPS) is 11.7. The van der Waals surface area contributed by atoms with Crippen molar-refractivity contribution in [3.8, 4) is 11.5 Å². The minimum Gasteiger partial charge on any atom is -0.504 e. The molecule has 0 aliphatic heterocycles. The number of phenols is 1. The van der Waals surface area contributed by atoms with Crippen molar-refractivity contribution in [1.29, 1.82) is 0 Å². The number of para-hydroxylation sites is 1. The average Bonchev–Trinajstić information content (AvgIpc) is 2.53. The summed E-state index contributed by atoms with van der Waals surface area (Å²) in [6, 6.07) is 13.9. The summed E-state index contributed by atoms with van der Waals surface area (Å²) in [5.74, 6) is -0.0925. The Morgan fingerprint density at radius 3 is 2.57 bits per heavy atom. The molecule has 2 rings (SSSR count). The zero-order valence-corrected chi connectivity index (χ0v) is 12.3. The molecule has 0 radical (unpaired) electrons. The van der Waals surface area contributed by atoms with Crippen LogP contribution in [-0.2, 0) is 0 Å². The Morgan fingerprint density at radius 2 is 1.95 bits per heavy atom. The first-order valence-electron chi connectivity index (χ1n) is 6.45. The number of amides is 1. The van der Waals surface area contributed by atoms with Gasteiger partial charge in [0.15, 0.2) is 11.5 Å². The van der Waals surface area contributed by atoms with Crippen LogP contribution in [-0.4, -0.2) is 24.0 Å². The molecule has 2 N–H and O–H groups in total. The average molecular weight is 306 g/mol. The third-order valence-electron chi connectivity index (χ3n) is 3.13. The van der Waals surface area contributed by atoms with Gasteiger partial charge in [-0.05, 0) is 17.7 Å². The van der Waals surface area contributed by atoms with Crippen LogP contribution in [0.5, 0.6) is 11.5 Å². The fourth-order valence-electron chi connectivity index (χ4n) is 2.00. The van der Waals surface area contributed by atoms with Crippen LogP contribution in [0.3, 0.4) is 0 Å². The highest BCUT2D eigenvalue weighted by molar-refractivity contribution is 6.18. The number of carbonyl (C=O) groups excluding carboxylic acids is 1. The van der Waals surface area contributed by atoms with Crippen molar-refractivity contribution in [3.05, 3.63) is 59.7 Å². The van der Waals surface area contributed by atoms with Gasteiger partial charge in [-0.25, -0.2) is 0 Å². The van der Waals surface area contributed by atoms with E-state index in [0.717, 1.165) is 5.56 Å². The van der Waals surface area contributed by atoms with Gasteiger partial charge in [-0.2, -0.15) is 0 Å². The largest absolute Gasteiger partial charge is 0.504 e. The Labute approximate surface area is 128 Å². The second-order valence-electron chi connectivity index (χ2n) is 4.45. The zero-order valence-electron chi connectivity index (χ0n) is 11.5. The van der Waals surface area contributed by atoms with E-state index >= 15 is 0 Å². The first kappa shape index (κ1) is 15.2. The molecular weight excluding hydrogens is 290 g/mol. The summed E-state index contributed by atoms with van der Waals surface area (Å²) in [5.41, 5.74) is 1.06. The maximum absolute atomic E-state index is 12.3. The summed E-state index contributed by atoms with van der Waals surface area (Å²) >= 11 is 5.93. The van der Waals surface area contributed by atoms with E-state index in [1.54, 1.807) is 12.1 Å². The Bertz CT molecular complexity index is 616. The van der Waals surface area contributed by atoms with E-state index in [0.29, 0.717) is 0 Å². The number of hydrogen-bond acceptors (Lipinski definition) is 3. The molecule has 1 amide bonds. The molecule has 110 valence electrons. The van der Waals surface area contributed by atoms with E-state index in [1.165, 1.54) is 13.2 Å². The number of halogens is 1. The van der Waals surface area contributed by atoms with Crippen molar-refractivity contribution in [2.45, 2.75) is 6.04 Å². The number of methoxy groups -OCH3 is 1. The maximum Gasteiger partial charge on any atom is 0.255 e. The smallest absolute Gasteiger partial charge is 0.255 e. The van der Waals surface area contributed by atoms with Crippen LogP contribution in [0.2, 0.25) is 0 Å². The summed E-state index contributed by atoms with van der Waals surface area (Å²) in [6.45, 7) is 0. The molecule has 1 unspecified atom stereocenters. The monoisotopic (exact) mass is 305 g/mol. The number of carbonyl (C=O) groups is 1. The van der Waals surface area contributed by atoms with Crippen molar-refractivity contribution < 1.29 is 14.6 Å². The van der Waals surface area contributed by atoms with Crippen molar-refractivity contribution in [2.75, 3.05) is 13.0 Å². The molecule has 2 aromatic carbocycles. The third-order valence-corrected chi connectivity index (χ3v) is 3.43. The SMILES string of the molecule is COc1cccc(C(=O)NC(CCl)c2ccccc2)c1O. The van der Waals surface area contributed by atoms with Crippen LogP contribution < -0.4 is 10.1 Å². The Kier molecular flexibility index (Phi) is 5.06. The fourth-order valence-corrected chi connectivity index (χ4v) is 2.26. The summed E-state index contributed by atoms with van der Waals surface area (Å²) in [4.78, 5) is 12.3. The lowest BCUT2D eigenvalue weighted by Gasteiger charge is -2.17. The molecule has 0 fully saturated rings. The van der Waals surface area contributed by atoms with Gasteiger partial charge in [0.05, 0.1) is 18.7 Å². The summed E-state index contributed by atoms with van der Waals surface area (Å²) in [6.07, 6.45) is 0. The highest BCUT2D eigenvalue weighted by atomic mass is 35.5. The molecule has 0 aliphatic carbocycles. The van der Waals surface area contributed by atoms with Crippen LogP contribution in [0.25, 0.3) is 0 Å². The second kappa shape index (κ2) is 6.99. The number of alkyl halides is 1. The van der Waals surface area contributed by atoms with Crippen LogP contribution in [0, 0.1) is 0 Å². The van der Waals surface area contributed by atoms with Crippen molar-refractivity contribution in [1.82, 2.24) is 5.32 Å². The first-order valence-corrected chi connectivity index (χ1v) is 6.98. The van der Waals surface area contributed by atoms with Gasteiger partial charge in [0, 0.05) is 5.88 Å². The molecule has 2 aromatic rings. The van der Waals surface area contributed by atoms with Gasteiger partial charge in [0.1, 0.15) is 0 Å². The fraction of sp³-hybridized carbons (Fsp3) is 0.188. The molecule has 1 atom stereocenters. The summed E-state index contributed by atoms with van der Waals surface area (Å²) in [5, 5.41) is 12.8. The lowest BCUT2D eigenvalue weighted by molar-refractivity contribution is 0.0937. The predicted octanol–water partition coefficient (Wildman–Crippen LogP) is 3.11. The zero-order chi connectivity index (χ0) is 15.2. The summed E-state index contributed by atoms with van der Waals surface area (Å²) < 4.78 is 5.00. The van der Waals surface area contributed by atoms with E-state index in [-0.39, 0.29) is 29.0 Å². The van der Waals surface area contributed by atoms with Gasteiger partial charge < -0.3 is 15.2 Å². The number of nitrogens with one attached hydrogen (secondary N) is 1. The Hall–Kier alpha value is -2.20. The van der Waals surface area contributed by atoms with E-state index in [1.807, 2.05) is 30.3 Å². The van der Waals surface area contributed by atoms with Crippen LogP contribution in [0.4, 0.5) is 0 Å². The molecule has 5 heteroatoms. The van der Waals surface area contributed by atoms with Crippen LogP contribution >= 0.6 is 11.6 Å². The minimum atomic E-state index is -0.402. The van der Waals surface area contributed by atoms with Gasteiger partial charge in [0.25, 0.3) is 5.91 Å². The van der Waals surface area contributed by atoms with E-state index < -0.39 is 5.91 Å². The van der Waals surface area contributed by atoms with Gasteiger partial charge in [-0.3, -0.25) is 4.79 Å². The Balaban J connectivity index is 2.21. The van der Waals surface area contributed by atoms with E-state index in [9.17, 15) is 9.90 Å². The lowest BCUT2D eigenvalue weighted by Crippen LogP contribution is -2.29. The first-order chi connectivity index (χ1) is 10.2. The molecule has 0 aliphatic rings. The van der Waals surface area contributed by atoms with Gasteiger partial charge >= 0.3 is 0 Å². The predicted molar refractivity (Wildman–Crippen MR) is 82.0 cm³/mol. The van der Waals surface area contributed by atoms with Crippen LogP contribution in [0.1, 0.15) is 22.0 Å². The number of ether oxygens (including phenoxy) is 1. The number of benzene rings is 2. The number of aromatic hydroxyl groups is 1. The maximum atomic E-state index is 12.3. The van der Waals surface area contributed by atoms with Crippen LogP contribution in [0.15, 0.2) is 48.5 Å². The van der Waals surface area contributed by atoms with E-state index in [2.05, 4.69) is 5.32 Å². The lowest BCUT2D eigenvalue weighted by atomic mass is 10.1. The molecule has 0 bridgehead atoms. The quantitative estimate of drug-likeness (QED) is 0.835. The van der Waals surface area contributed by atoms with Crippen molar-refractivity contribution >= 4 is 17.5 Å². The number of rotatable bonds is 5. The Morgan fingerprint density at radius 1 is 1.24 bits per heavy atom. The highest BCUT2D eigenvalue weighted by Gasteiger charge is 2.19. The van der Waals surface area contributed by atoms with Gasteiger partial charge in [-0.1, -0.05) is 36.4 Å². The standard InChI is InChI=1S/C16H16ClNO3/c1-21-14-9-5-8-12(15(14)19)16(20)18-13(10-17)11-6-3-2-4-7-11/h2-9,13,19H,10H2,1H3,(H,18,20). The molecule has 0 saturated heterocycles. The number of phenolic OH excluding ortho intramolecular Hbond substituents is 1. The van der Waals surface area contributed by atoms with Crippen molar-refractivity contribution in [2.24, 2.45) is 0 Å². The molecular formula is C16H16ClNO3. The molecule has 21 heavy (non-hydrogen) atoms. The molecule has 0 heterocycles. The molecule has 0 spiro atoms. The second-order valence-corrected chi connectivity index (χ2v) is 4.76. The molecule has 0 aromatic heterocycles. The van der Waals surface area contributed by atoms with Gasteiger partial charge in [-0.15, -0.1) is 11.6 Å².